The minimum Gasteiger partial charge on any atom is -0.394 e. The number of aliphatic hydroxyl groups is 1. The molecule has 0 saturated carbocycles. The van der Waals surface area contributed by atoms with Crippen LogP contribution in [0, 0.1) is 5.82 Å². The van der Waals surface area contributed by atoms with Crippen LogP contribution in [0.3, 0.4) is 0 Å². The number of benzene rings is 1. The van der Waals surface area contributed by atoms with E-state index in [4.69, 9.17) is 5.11 Å². The largest absolute Gasteiger partial charge is 0.394 e. The summed E-state index contributed by atoms with van der Waals surface area (Å²) in [7, 11) is 1.60. The molecule has 88 valence electrons. The van der Waals surface area contributed by atoms with E-state index in [9.17, 15) is 9.18 Å². The lowest BCUT2D eigenvalue weighted by molar-refractivity contribution is 0.0682. The molecular formula is C11H13BrFNO2. The van der Waals surface area contributed by atoms with Gasteiger partial charge in [-0.15, -0.1) is 0 Å². The van der Waals surface area contributed by atoms with Crippen LogP contribution in [-0.2, 0) is 0 Å². The summed E-state index contributed by atoms with van der Waals surface area (Å²) in [5, 5.41) is 8.94. The second-order valence-corrected chi connectivity index (χ2v) is 4.43. The highest BCUT2D eigenvalue weighted by Gasteiger charge is 2.17. The summed E-state index contributed by atoms with van der Waals surface area (Å²) in [5.41, 5.74) is 0.385. The Morgan fingerprint density at radius 2 is 2.25 bits per heavy atom. The molecule has 0 aliphatic rings. The first-order chi connectivity index (χ1) is 7.47. The van der Waals surface area contributed by atoms with Gasteiger partial charge < -0.3 is 10.0 Å². The van der Waals surface area contributed by atoms with Crippen molar-refractivity contribution in [1.82, 2.24) is 4.90 Å². The number of likely N-dealkylation sites (N-methyl/N-ethyl adjacent to an activating group) is 1. The van der Waals surface area contributed by atoms with Crippen LogP contribution in [0.1, 0.15) is 17.3 Å². The van der Waals surface area contributed by atoms with Crippen molar-refractivity contribution in [3.05, 3.63) is 34.1 Å². The molecule has 1 aromatic carbocycles. The summed E-state index contributed by atoms with van der Waals surface area (Å²) >= 11 is 3.02. The lowest BCUT2D eigenvalue weighted by Gasteiger charge is -2.23. The summed E-state index contributed by atoms with van der Waals surface area (Å²) in [4.78, 5) is 13.3. The van der Waals surface area contributed by atoms with Crippen LogP contribution in [0.4, 0.5) is 4.39 Å². The monoisotopic (exact) mass is 289 g/mol. The van der Waals surface area contributed by atoms with Gasteiger partial charge >= 0.3 is 0 Å². The molecule has 0 bridgehead atoms. The van der Waals surface area contributed by atoms with E-state index in [-0.39, 0.29) is 23.0 Å². The Morgan fingerprint density at radius 3 is 2.75 bits per heavy atom. The van der Waals surface area contributed by atoms with Gasteiger partial charge in [-0.25, -0.2) is 4.39 Å². The van der Waals surface area contributed by atoms with Gasteiger partial charge in [0.2, 0.25) is 0 Å². The van der Waals surface area contributed by atoms with Crippen molar-refractivity contribution in [3.63, 3.8) is 0 Å². The summed E-state index contributed by atoms with van der Waals surface area (Å²) in [5.74, 6) is -0.656. The SMILES string of the molecule is CC(CO)N(C)C(=O)c1ccc(F)c(Br)c1. The van der Waals surface area contributed by atoms with Crippen LogP contribution in [0.2, 0.25) is 0 Å². The van der Waals surface area contributed by atoms with Crippen molar-refractivity contribution in [3.8, 4) is 0 Å². The Balaban J connectivity index is 2.92. The molecule has 16 heavy (non-hydrogen) atoms. The molecule has 0 saturated heterocycles. The maximum absolute atomic E-state index is 13.0. The molecule has 1 unspecified atom stereocenters. The number of carbonyl (C=O) groups excluding carboxylic acids is 1. The number of amides is 1. The normalized spacial score (nSPS) is 12.3. The molecule has 1 atom stereocenters. The molecule has 0 aliphatic heterocycles. The van der Waals surface area contributed by atoms with E-state index in [0.29, 0.717) is 5.56 Å². The Hall–Kier alpha value is -0.940. The first-order valence-corrected chi connectivity index (χ1v) is 5.59. The standard InChI is InChI=1S/C11H13BrFNO2/c1-7(6-15)14(2)11(16)8-3-4-10(13)9(12)5-8/h3-5,7,15H,6H2,1-2H3. The third kappa shape index (κ3) is 2.80. The fraction of sp³-hybridized carbons (Fsp3) is 0.364. The number of carbonyl (C=O) groups is 1. The molecule has 1 amide bonds. The maximum atomic E-state index is 13.0. The van der Waals surface area contributed by atoms with Gasteiger partial charge in [0.15, 0.2) is 0 Å². The molecule has 1 rings (SSSR count). The summed E-state index contributed by atoms with van der Waals surface area (Å²) in [6, 6.07) is 3.81. The Bertz CT molecular complexity index is 398. The summed E-state index contributed by atoms with van der Waals surface area (Å²) in [6.07, 6.45) is 0. The number of hydrogen-bond acceptors (Lipinski definition) is 2. The number of hydrogen-bond donors (Lipinski definition) is 1. The maximum Gasteiger partial charge on any atom is 0.253 e. The van der Waals surface area contributed by atoms with E-state index < -0.39 is 5.82 Å². The predicted octanol–water partition coefficient (Wildman–Crippen LogP) is 2.04. The fourth-order valence-electron chi connectivity index (χ4n) is 1.16. The van der Waals surface area contributed by atoms with Crippen molar-refractivity contribution in [2.75, 3.05) is 13.7 Å². The molecule has 0 aromatic heterocycles. The number of halogens is 2. The van der Waals surface area contributed by atoms with Gasteiger partial charge in [0, 0.05) is 12.6 Å². The zero-order chi connectivity index (χ0) is 12.3. The zero-order valence-electron chi connectivity index (χ0n) is 9.08. The van der Waals surface area contributed by atoms with Crippen molar-refractivity contribution in [2.45, 2.75) is 13.0 Å². The van der Waals surface area contributed by atoms with Gasteiger partial charge in [0.05, 0.1) is 17.1 Å². The Morgan fingerprint density at radius 1 is 1.62 bits per heavy atom. The average Bonchev–Trinajstić information content (AvgIpc) is 2.29. The number of nitrogens with zero attached hydrogens (tertiary/aromatic N) is 1. The van der Waals surface area contributed by atoms with E-state index in [2.05, 4.69) is 15.9 Å². The van der Waals surface area contributed by atoms with Gasteiger partial charge in [-0.05, 0) is 41.1 Å². The quantitative estimate of drug-likeness (QED) is 0.925. The summed E-state index contributed by atoms with van der Waals surface area (Å²) in [6.45, 7) is 1.63. The Labute approximate surface area is 102 Å². The predicted molar refractivity (Wildman–Crippen MR) is 62.7 cm³/mol. The minimum atomic E-state index is -0.408. The highest BCUT2D eigenvalue weighted by Crippen LogP contribution is 2.18. The third-order valence-corrected chi connectivity index (χ3v) is 3.02. The molecule has 1 aromatic rings. The molecule has 1 N–H and O–H groups in total. The smallest absolute Gasteiger partial charge is 0.253 e. The Kier molecular flexibility index (Phi) is 4.44. The molecule has 0 fully saturated rings. The van der Waals surface area contributed by atoms with E-state index in [1.54, 1.807) is 14.0 Å². The second kappa shape index (κ2) is 5.41. The van der Waals surface area contributed by atoms with Crippen molar-refractivity contribution < 1.29 is 14.3 Å². The van der Waals surface area contributed by atoms with Crippen LogP contribution in [-0.4, -0.2) is 35.6 Å². The minimum absolute atomic E-state index is 0.107. The van der Waals surface area contributed by atoms with Crippen LogP contribution in [0.25, 0.3) is 0 Å². The lowest BCUT2D eigenvalue weighted by Crippen LogP contribution is -2.37. The van der Waals surface area contributed by atoms with Crippen molar-refractivity contribution in [2.24, 2.45) is 0 Å². The van der Waals surface area contributed by atoms with E-state index in [1.807, 2.05) is 0 Å². The van der Waals surface area contributed by atoms with Crippen LogP contribution < -0.4 is 0 Å². The number of rotatable bonds is 3. The summed E-state index contributed by atoms with van der Waals surface area (Å²) < 4.78 is 13.2. The topological polar surface area (TPSA) is 40.5 Å². The molecule has 0 spiro atoms. The van der Waals surface area contributed by atoms with Crippen molar-refractivity contribution >= 4 is 21.8 Å². The molecule has 0 radical (unpaired) electrons. The van der Waals surface area contributed by atoms with Crippen LogP contribution in [0.15, 0.2) is 22.7 Å². The van der Waals surface area contributed by atoms with Crippen LogP contribution in [0.5, 0.6) is 0 Å². The van der Waals surface area contributed by atoms with E-state index >= 15 is 0 Å². The second-order valence-electron chi connectivity index (χ2n) is 3.58. The molecule has 0 aliphatic carbocycles. The zero-order valence-corrected chi connectivity index (χ0v) is 10.7. The third-order valence-electron chi connectivity index (χ3n) is 2.41. The van der Waals surface area contributed by atoms with Crippen LogP contribution >= 0.6 is 15.9 Å². The lowest BCUT2D eigenvalue weighted by atomic mass is 10.2. The van der Waals surface area contributed by atoms with Gasteiger partial charge in [-0.3, -0.25) is 4.79 Å². The van der Waals surface area contributed by atoms with E-state index in [0.717, 1.165) is 0 Å². The molecule has 3 nitrogen and oxygen atoms in total. The van der Waals surface area contributed by atoms with Gasteiger partial charge in [-0.1, -0.05) is 0 Å². The fourth-order valence-corrected chi connectivity index (χ4v) is 1.53. The van der Waals surface area contributed by atoms with Gasteiger partial charge in [0.25, 0.3) is 5.91 Å². The molecule has 0 heterocycles. The van der Waals surface area contributed by atoms with Crippen molar-refractivity contribution in [1.29, 1.82) is 0 Å². The first-order valence-electron chi connectivity index (χ1n) is 4.80. The van der Waals surface area contributed by atoms with E-state index in [1.165, 1.54) is 23.1 Å². The van der Waals surface area contributed by atoms with Gasteiger partial charge in [0.1, 0.15) is 5.82 Å². The first kappa shape index (κ1) is 13.1. The average molecular weight is 290 g/mol. The highest BCUT2D eigenvalue weighted by atomic mass is 79.9. The number of aliphatic hydroxyl groups excluding tert-OH is 1. The highest BCUT2D eigenvalue weighted by molar-refractivity contribution is 9.10. The molecular weight excluding hydrogens is 277 g/mol. The van der Waals surface area contributed by atoms with Gasteiger partial charge in [-0.2, -0.15) is 0 Å². The molecule has 5 heteroatoms.